The first-order valence-electron chi connectivity index (χ1n) is 6.43. The average molecular weight is 265 g/mol. The minimum atomic E-state index is -0.182. The van der Waals surface area contributed by atoms with Crippen LogP contribution in [-0.2, 0) is 14.3 Å². The van der Waals surface area contributed by atoms with E-state index in [1.54, 1.807) is 0 Å². The van der Waals surface area contributed by atoms with Crippen LogP contribution in [0.2, 0.25) is 0 Å². The maximum Gasteiger partial charge on any atom is 0.257 e. The first kappa shape index (κ1) is 13.8. The zero-order chi connectivity index (χ0) is 13.5. The second-order valence-electron chi connectivity index (χ2n) is 4.41. The maximum atomic E-state index is 11.5. The third kappa shape index (κ3) is 4.89. The highest BCUT2D eigenvalue weighted by Crippen LogP contribution is 2.11. The molecule has 0 bridgehead atoms. The zero-order valence-corrected chi connectivity index (χ0v) is 11.1. The number of ether oxygens (including phenoxy) is 3. The molecule has 1 N–H and O–H groups in total. The van der Waals surface area contributed by atoms with Gasteiger partial charge in [0, 0.05) is 13.0 Å². The molecule has 2 rings (SSSR count). The summed E-state index contributed by atoms with van der Waals surface area (Å²) in [5.74, 6) is 0.557. The van der Waals surface area contributed by atoms with Crippen LogP contribution in [0.4, 0.5) is 0 Å². The van der Waals surface area contributed by atoms with Crippen LogP contribution in [0.15, 0.2) is 24.3 Å². The van der Waals surface area contributed by atoms with Gasteiger partial charge in [-0.25, -0.2) is 0 Å². The Morgan fingerprint density at radius 1 is 1.32 bits per heavy atom. The van der Waals surface area contributed by atoms with Crippen molar-refractivity contribution in [1.82, 2.24) is 5.32 Å². The molecule has 1 heterocycles. The van der Waals surface area contributed by atoms with E-state index in [0.717, 1.165) is 5.56 Å². The van der Waals surface area contributed by atoms with Crippen LogP contribution in [0.1, 0.15) is 12.0 Å². The van der Waals surface area contributed by atoms with Crippen LogP contribution < -0.4 is 10.1 Å². The summed E-state index contributed by atoms with van der Waals surface area (Å²) in [6.07, 6.45) is 0.481. The molecule has 0 spiro atoms. The normalized spacial score (nSPS) is 15.4. The van der Waals surface area contributed by atoms with Crippen LogP contribution in [-0.4, -0.2) is 38.6 Å². The highest BCUT2D eigenvalue weighted by molar-refractivity contribution is 5.77. The summed E-state index contributed by atoms with van der Waals surface area (Å²) in [6, 6.07) is 7.59. The number of rotatable bonds is 6. The van der Waals surface area contributed by atoms with Crippen molar-refractivity contribution in [2.45, 2.75) is 19.6 Å². The second kappa shape index (κ2) is 7.11. The molecule has 1 aromatic rings. The number of carbonyl (C=O) groups excluding carboxylic acids is 1. The Labute approximate surface area is 112 Å². The molecule has 5 heteroatoms. The van der Waals surface area contributed by atoms with Crippen LogP contribution in [0, 0.1) is 6.92 Å². The van der Waals surface area contributed by atoms with E-state index in [2.05, 4.69) is 5.32 Å². The van der Waals surface area contributed by atoms with Gasteiger partial charge in [0.05, 0.1) is 13.2 Å². The molecule has 1 fully saturated rings. The number of aryl methyl sites for hydroxylation is 1. The third-order valence-electron chi connectivity index (χ3n) is 2.78. The van der Waals surface area contributed by atoms with Gasteiger partial charge in [-0.05, 0) is 19.1 Å². The monoisotopic (exact) mass is 265 g/mol. The van der Waals surface area contributed by atoms with E-state index in [1.807, 2.05) is 31.2 Å². The minimum absolute atomic E-state index is 0.0233. The summed E-state index contributed by atoms with van der Waals surface area (Å²) >= 11 is 0. The van der Waals surface area contributed by atoms with Crippen molar-refractivity contribution in [2.24, 2.45) is 0 Å². The molecule has 0 radical (unpaired) electrons. The molecular formula is C14H19NO4. The molecule has 1 aliphatic heterocycles. The molecule has 0 aliphatic carbocycles. The van der Waals surface area contributed by atoms with E-state index in [0.29, 0.717) is 31.9 Å². The Balaban J connectivity index is 1.60. The highest BCUT2D eigenvalue weighted by atomic mass is 16.7. The van der Waals surface area contributed by atoms with E-state index in [1.165, 1.54) is 0 Å². The molecule has 1 aliphatic rings. The molecule has 1 saturated heterocycles. The number of amides is 1. The van der Waals surface area contributed by atoms with E-state index in [4.69, 9.17) is 14.2 Å². The Morgan fingerprint density at radius 2 is 2.00 bits per heavy atom. The lowest BCUT2D eigenvalue weighted by Gasteiger charge is -2.10. The Bertz CT molecular complexity index is 398. The lowest BCUT2D eigenvalue weighted by molar-refractivity contribution is -0.123. The molecule has 1 amide bonds. The topological polar surface area (TPSA) is 56.8 Å². The van der Waals surface area contributed by atoms with E-state index in [-0.39, 0.29) is 18.8 Å². The quantitative estimate of drug-likeness (QED) is 0.841. The average Bonchev–Trinajstić information content (AvgIpc) is 2.91. The van der Waals surface area contributed by atoms with Crippen molar-refractivity contribution in [2.75, 3.05) is 26.4 Å². The van der Waals surface area contributed by atoms with Gasteiger partial charge in [-0.3, -0.25) is 4.79 Å². The van der Waals surface area contributed by atoms with E-state index >= 15 is 0 Å². The predicted octanol–water partition coefficient (Wildman–Crippen LogP) is 1.25. The van der Waals surface area contributed by atoms with Crippen LogP contribution in [0.25, 0.3) is 0 Å². The van der Waals surface area contributed by atoms with Crippen molar-refractivity contribution in [1.29, 1.82) is 0 Å². The largest absolute Gasteiger partial charge is 0.484 e. The van der Waals surface area contributed by atoms with Gasteiger partial charge in [0.2, 0.25) is 0 Å². The van der Waals surface area contributed by atoms with Crippen molar-refractivity contribution >= 4 is 5.91 Å². The fourth-order valence-electron chi connectivity index (χ4n) is 1.74. The van der Waals surface area contributed by atoms with Gasteiger partial charge in [0.25, 0.3) is 5.91 Å². The van der Waals surface area contributed by atoms with Crippen LogP contribution in [0.5, 0.6) is 5.75 Å². The smallest absolute Gasteiger partial charge is 0.257 e. The maximum absolute atomic E-state index is 11.5. The van der Waals surface area contributed by atoms with Gasteiger partial charge in [-0.1, -0.05) is 17.7 Å². The second-order valence-corrected chi connectivity index (χ2v) is 4.41. The zero-order valence-electron chi connectivity index (χ0n) is 11.1. The molecule has 0 atom stereocenters. The molecule has 19 heavy (non-hydrogen) atoms. The van der Waals surface area contributed by atoms with Crippen molar-refractivity contribution in [3.8, 4) is 5.75 Å². The first-order chi connectivity index (χ1) is 9.24. The Kier molecular flexibility index (Phi) is 5.18. The fraction of sp³-hybridized carbons (Fsp3) is 0.500. The first-order valence-corrected chi connectivity index (χ1v) is 6.43. The number of benzene rings is 1. The molecule has 1 aromatic carbocycles. The molecule has 5 nitrogen and oxygen atoms in total. The van der Waals surface area contributed by atoms with Gasteiger partial charge in [0.1, 0.15) is 5.75 Å². The summed E-state index contributed by atoms with van der Waals surface area (Å²) < 4.78 is 15.9. The van der Waals surface area contributed by atoms with Gasteiger partial charge in [-0.2, -0.15) is 0 Å². The lowest BCUT2D eigenvalue weighted by Crippen LogP contribution is -2.31. The fourth-order valence-corrected chi connectivity index (χ4v) is 1.74. The highest BCUT2D eigenvalue weighted by Gasteiger charge is 2.15. The van der Waals surface area contributed by atoms with E-state index in [9.17, 15) is 4.79 Å². The predicted molar refractivity (Wildman–Crippen MR) is 70.0 cm³/mol. The van der Waals surface area contributed by atoms with Crippen molar-refractivity contribution in [3.63, 3.8) is 0 Å². The summed E-state index contributed by atoms with van der Waals surface area (Å²) in [6.45, 7) is 3.82. The Morgan fingerprint density at radius 3 is 2.68 bits per heavy atom. The summed E-state index contributed by atoms with van der Waals surface area (Å²) in [5, 5.41) is 2.77. The minimum Gasteiger partial charge on any atom is -0.484 e. The molecule has 0 aromatic heterocycles. The molecular weight excluding hydrogens is 246 g/mol. The SMILES string of the molecule is Cc1ccc(OCC(=O)NCCC2OCCO2)cc1. The summed E-state index contributed by atoms with van der Waals surface area (Å²) in [4.78, 5) is 11.5. The molecule has 0 saturated carbocycles. The molecule has 0 unspecified atom stereocenters. The van der Waals surface area contributed by atoms with Gasteiger partial charge in [-0.15, -0.1) is 0 Å². The van der Waals surface area contributed by atoms with Gasteiger partial charge < -0.3 is 19.5 Å². The van der Waals surface area contributed by atoms with Gasteiger partial charge >= 0.3 is 0 Å². The number of carbonyl (C=O) groups is 1. The lowest BCUT2D eigenvalue weighted by atomic mass is 10.2. The van der Waals surface area contributed by atoms with Gasteiger partial charge in [0.15, 0.2) is 12.9 Å². The standard InChI is InChI=1S/C14H19NO4/c1-11-2-4-12(5-3-11)19-10-13(16)15-7-6-14-17-8-9-18-14/h2-5,14H,6-10H2,1H3,(H,15,16). The molecule has 104 valence electrons. The Hall–Kier alpha value is -1.59. The van der Waals surface area contributed by atoms with E-state index < -0.39 is 0 Å². The van der Waals surface area contributed by atoms with Crippen LogP contribution in [0.3, 0.4) is 0 Å². The summed E-state index contributed by atoms with van der Waals surface area (Å²) in [7, 11) is 0. The number of hydrogen-bond acceptors (Lipinski definition) is 4. The third-order valence-corrected chi connectivity index (χ3v) is 2.78. The number of hydrogen-bond donors (Lipinski definition) is 1. The van der Waals surface area contributed by atoms with Crippen molar-refractivity contribution < 1.29 is 19.0 Å². The van der Waals surface area contributed by atoms with Crippen LogP contribution >= 0.6 is 0 Å². The van der Waals surface area contributed by atoms with Crippen molar-refractivity contribution in [3.05, 3.63) is 29.8 Å². The number of nitrogens with one attached hydrogen (secondary N) is 1. The summed E-state index contributed by atoms with van der Waals surface area (Å²) in [5.41, 5.74) is 1.16.